The standard InChI is InChI=1S/C23H28N8/c1-29(2)22-12-24-9-8-20(22)21-16-31(28-27-21)15-19-14-30-13-18(6-7-23(30)26-19)11-25-10-17-4-3-5-17/h6-9,12-14,16-17,25H,3-5,10-11,15H2,1-2H3. The highest BCUT2D eigenvalue weighted by molar-refractivity contribution is 5.74. The second kappa shape index (κ2) is 8.47. The second-order valence-corrected chi connectivity index (χ2v) is 8.55. The SMILES string of the molecule is CN(C)c1cnccc1-c1cn(Cc2cn3cc(CNCC4CCC4)ccc3n2)nn1. The summed E-state index contributed by atoms with van der Waals surface area (Å²) in [7, 11) is 4.00. The van der Waals surface area contributed by atoms with Crippen molar-refractivity contribution in [3.05, 3.63) is 60.4 Å². The molecule has 0 saturated heterocycles. The van der Waals surface area contributed by atoms with E-state index in [0.717, 1.165) is 47.3 Å². The predicted octanol–water partition coefficient (Wildman–Crippen LogP) is 2.99. The van der Waals surface area contributed by atoms with Crippen molar-refractivity contribution in [1.82, 2.24) is 34.7 Å². The largest absolute Gasteiger partial charge is 0.376 e. The summed E-state index contributed by atoms with van der Waals surface area (Å²) in [5.41, 5.74) is 6.03. The van der Waals surface area contributed by atoms with Crippen molar-refractivity contribution in [2.45, 2.75) is 32.4 Å². The van der Waals surface area contributed by atoms with Crippen molar-refractivity contribution >= 4 is 11.3 Å². The lowest BCUT2D eigenvalue weighted by Crippen LogP contribution is -2.26. The van der Waals surface area contributed by atoms with Crippen LogP contribution < -0.4 is 10.2 Å². The molecule has 8 nitrogen and oxygen atoms in total. The van der Waals surface area contributed by atoms with Gasteiger partial charge in [0.05, 0.1) is 30.3 Å². The first-order valence-electron chi connectivity index (χ1n) is 10.8. The van der Waals surface area contributed by atoms with E-state index < -0.39 is 0 Å². The van der Waals surface area contributed by atoms with E-state index >= 15 is 0 Å². The van der Waals surface area contributed by atoms with Crippen LogP contribution in [-0.2, 0) is 13.1 Å². The normalized spacial score (nSPS) is 14.1. The highest BCUT2D eigenvalue weighted by Gasteiger charge is 2.16. The Kier molecular flexibility index (Phi) is 5.38. The molecule has 0 amide bonds. The van der Waals surface area contributed by atoms with Crippen LogP contribution in [0.4, 0.5) is 5.69 Å². The number of rotatable bonds is 8. The molecule has 0 aromatic carbocycles. The second-order valence-electron chi connectivity index (χ2n) is 8.55. The van der Waals surface area contributed by atoms with Crippen molar-refractivity contribution in [2.75, 3.05) is 25.5 Å². The summed E-state index contributed by atoms with van der Waals surface area (Å²) in [6, 6.07) is 6.20. The molecule has 1 fully saturated rings. The molecule has 0 aliphatic heterocycles. The lowest BCUT2D eigenvalue weighted by Gasteiger charge is -2.25. The monoisotopic (exact) mass is 416 g/mol. The average Bonchev–Trinajstić information content (AvgIpc) is 3.36. The van der Waals surface area contributed by atoms with Crippen LogP contribution in [0.25, 0.3) is 16.9 Å². The molecule has 1 N–H and O–H groups in total. The van der Waals surface area contributed by atoms with Crippen LogP contribution in [0.2, 0.25) is 0 Å². The van der Waals surface area contributed by atoms with Gasteiger partial charge >= 0.3 is 0 Å². The van der Waals surface area contributed by atoms with Crippen LogP contribution in [0.5, 0.6) is 0 Å². The summed E-state index contributed by atoms with van der Waals surface area (Å²) in [4.78, 5) is 11.0. The first-order valence-corrected chi connectivity index (χ1v) is 10.8. The molecular weight excluding hydrogens is 388 g/mol. The Balaban J connectivity index is 1.28. The molecule has 1 aliphatic carbocycles. The molecule has 5 rings (SSSR count). The minimum Gasteiger partial charge on any atom is -0.376 e. The lowest BCUT2D eigenvalue weighted by atomic mass is 9.85. The molecular formula is C23H28N8. The molecule has 4 aromatic rings. The Labute approximate surface area is 181 Å². The van der Waals surface area contributed by atoms with Gasteiger partial charge in [-0.15, -0.1) is 5.10 Å². The van der Waals surface area contributed by atoms with Gasteiger partial charge in [0, 0.05) is 44.8 Å². The Morgan fingerprint density at radius 1 is 1.13 bits per heavy atom. The first kappa shape index (κ1) is 19.7. The van der Waals surface area contributed by atoms with E-state index in [1.165, 1.54) is 24.8 Å². The summed E-state index contributed by atoms with van der Waals surface area (Å²) < 4.78 is 3.93. The van der Waals surface area contributed by atoms with Gasteiger partial charge in [0.25, 0.3) is 0 Å². The number of fused-ring (bicyclic) bond motifs is 1. The number of aromatic nitrogens is 6. The molecule has 1 saturated carbocycles. The van der Waals surface area contributed by atoms with Crippen molar-refractivity contribution in [2.24, 2.45) is 5.92 Å². The number of pyridine rings is 2. The molecule has 8 heteroatoms. The zero-order valence-corrected chi connectivity index (χ0v) is 18.1. The maximum absolute atomic E-state index is 4.74. The van der Waals surface area contributed by atoms with E-state index in [9.17, 15) is 0 Å². The van der Waals surface area contributed by atoms with E-state index in [0.29, 0.717) is 6.54 Å². The Morgan fingerprint density at radius 2 is 2.03 bits per heavy atom. The maximum atomic E-state index is 4.74. The van der Waals surface area contributed by atoms with Crippen molar-refractivity contribution in [3.63, 3.8) is 0 Å². The number of nitrogens with zero attached hydrogens (tertiary/aromatic N) is 7. The summed E-state index contributed by atoms with van der Waals surface area (Å²) >= 11 is 0. The minimum absolute atomic E-state index is 0.576. The molecule has 0 unspecified atom stereocenters. The van der Waals surface area contributed by atoms with Gasteiger partial charge in [-0.05, 0) is 43.0 Å². The van der Waals surface area contributed by atoms with E-state index in [4.69, 9.17) is 4.98 Å². The van der Waals surface area contributed by atoms with Crippen LogP contribution in [0.3, 0.4) is 0 Å². The van der Waals surface area contributed by atoms with Gasteiger partial charge in [0.2, 0.25) is 0 Å². The topological polar surface area (TPSA) is 76.2 Å². The fourth-order valence-corrected chi connectivity index (χ4v) is 4.01. The van der Waals surface area contributed by atoms with Crippen LogP contribution in [-0.4, -0.2) is 50.0 Å². The molecule has 160 valence electrons. The molecule has 0 atom stereocenters. The first-order chi connectivity index (χ1) is 15.2. The fraction of sp³-hybridized carbons (Fsp3) is 0.391. The predicted molar refractivity (Wildman–Crippen MR) is 121 cm³/mol. The fourth-order valence-electron chi connectivity index (χ4n) is 4.01. The van der Waals surface area contributed by atoms with Gasteiger partial charge < -0.3 is 14.6 Å². The van der Waals surface area contributed by atoms with E-state index in [-0.39, 0.29) is 0 Å². The van der Waals surface area contributed by atoms with Crippen molar-refractivity contribution in [3.8, 4) is 11.3 Å². The van der Waals surface area contributed by atoms with E-state index in [1.54, 1.807) is 6.20 Å². The molecule has 4 heterocycles. The maximum Gasteiger partial charge on any atom is 0.137 e. The number of hydrogen-bond donors (Lipinski definition) is 1. The van der Waals surface area contributed by atoms with E-state index in [1.807, 2.05) is 42.1 Å². The Morgan fingerprint density at radius 3 is 2.84 bits per heavy atom. The lowest BCUT2D eigenvalue weighted by molar-refractivity contribution is 0.301. The highest BCUT2D eigenvalue weighted by Crippen LogP contribution is 2.27. The summed E-state index contributed by atoms with van der Waals surface area (Å²) in [6.07, 6.45) is 14.0. The zero-order chi connectivity index (χ0) is 21.2. The molecule has 0 radical (unpaired) electrons. The quantitative estimate of drug-likeness (QED) is 0.476. The van der Waals surface area contributed by atoms with Gasteiger partial charge in [-0.1, -0.05) is 17.7 Å². The third-order valence-electron chi connectivity index (χ3n) is 5.97. The highest BCUT2D eigenvalue weighted by atomic mass is 15.4. The average molecular weight is 417 g/mol. The molecule has 31 heavy (non-hydrogen) atoms. The van der Waals surface area contributed by atoms with Crippen molar-refractivity contribution in [1.29, 1.82) is 0 Å². The van der Waals surface area contributed by atoms with Gasteiger partial charge in [0.1, 0.15) is 11.3 Å². The molecule has 0 bridgehead atoms. The van der Waals surface area contributed by atoms with Crippen molar-refractivity contribution < 1.29 is 0 Å². The molecule has 0 spiro atoms. The van der Waals surface area contributed by atoms with Crippen LogP contribution in [0, 0.1) is 5.92 Å². The summed E-state index contributed by atoms with van der Waals surface area (Å²) in [5, 5.41) is 12.3. The zero-order valence-electron chi connectivity index (χ0n) is 18.1. The number of nitrogens with one attached hydrogen (secondary N) is 1. The minimum atomic E-state index is 0.576. The number of anilines is 1. The van der Waals surface area contributed by atoms with Crippen LogP contribution >= 0.6 is 0 Å². The van der Waals surface area contributed by atoms with Gasteiger partial charge in [-0.25, -0.2) is 9.67 Å². The Hall–Kier alpha value is -3.26. The summed E-state index contributed by atoms with van der Waals surface area (Å²) in [5.74, 6) is 0.872. The van der Waals surface area contributed by atoms with Gasteiger partial charge in [-0.2, -0.15) is 0 Å². The third kappa shape index (κ3) is 4.29. The smallest absolute Gasteiger partial charge is 0.137 e. The van der Waals surface area contributed by atoms with Gasteiger partial charge in [0.15, 0.2) is 0 Å². The third-order valence-corrected chi connectivity index (χ3v) is 5.97. The van der Waals surface area contributed by atoms with Gasteiger partial charge in [-0.3, -0.25) is 4.98 Å². The number of imidazole rings is 1. The molecule has 4 aromatic heterocycles. The van der Waals surface area contributed by atoms with Crippen LogP contribution in [0.15, 0.2) is 49.2 Å². The summed E-state index contributed by atoms with van der Waals surface area (Å²) in [6.45, 7) is 2.59. The molecule has 1 aliphatic rings. The number of hydrogen-bond acceptors (Lipinski definition) is 6. The van der Waals surface area contributed by atoms with E-state index in [2.05, 4.69) is 49.5 Å². The Bertz CT molecular complexity index is 1170. The van der Waals surface area contributed by atoms with Crippen LogP contribution in [0.1, 0.15) is 30.5 Å².